The Morgan fingerprint density at radius 1 is 1.38 bits per heavy atom. The zero-order chi connectivity index (χ0) is 9.90. The van der Waals surface area contributed by atoms with Crippen molar-refractivity contribution in [2.45, 2.75) is 33.1 Å². The smallest absolute Gasteiger partial charge is 0.0870 e. The Bertz CT molecular complexity index is 189. The van der Waals surface area contributed by atoms with Gasteiger partial charge in [-0.15, -0.1) is 0 Å². The molecular formula is C10H20N2S. The minimum absolute atomic E-state index is 0.505. The molecular weight excluding hydrogens is 180 g/mol. The van der Waals surface area contributed by atoms with E-state index in [0.717, 1.165) is 19.6 Å². The van der Waals surface area contributed by atoms with Crippen LogP contribution in [0, 0.1) is 5.41 Å². The maximum atomic E-state index is 5.53. The monoisotopic (exact) mass is 200 g/mol. The molecule has 0 aromatic heterocycles. The molecule has 1 saturated heterocycles. The van der Waals surface area contributed by atoms with Gasteiger partial charge in [0.25, 0.3) is 0 Å². The molecule has 13 heavy (non-hydrogen) atoms. The first kappa shape index (κ1) is 10.9. The zero-order valence-corrected chi connectivity index (χ0v) is 9.49. The molecule has 1 aliphatic rings. The van der Waals surface area contributed by atoms with Gasteiger partial charge in [-0.1, -0.05) is 26.1 Å². The minimum Gasteiger partial charge on any atom is -0.392 e. The number of hydrogen-bond acceptors (Lipinski definition) is 2. The van der Waals surface area contributed by atoms with Crippen LogP contribution in [-0.2, 0) is 0 Å². The Hall–Kier alpha value is -0.150. The van der Waals surface area contributed by atoms with Gasteiger partial charge >= 0.3 is 0 Å². The molecule has 0 saturated carbocycles. The van der Waals surface area contributed by atoms with Crippen molar-refractivity contribution in [1.29, 1.82) is 0 Å². The lowest BCUT2D eigenvalue weighted by molar-refractivity contribution is 0.286. The third-order valence-electron chi connectivity index (χ3n) is 2.81. The van der Waals surface area contributed by atoms with Crippen molar-refractivity contribution in [3.05, 3.63) is 0 Å². The van der Waals surface area contributed by atoms with Crippen LogP contribution in [0.15, 0.2) is 0 Å². The molecule has 0 bridgehead atoms. The zero-order valence-electron chi connectivity index (χ0n) is 8.68. The lowest BCUT2D eigenvalue weighted by Gasteiger charge is -2.22. The quantitative estimate of drug-likeness (QED) is 0.689. The Morgan fingerprint density at radius 3 is 2.69 bits per heavy atom. The summed E-state index contributed by atoms with van der Waals surface area (Å²) in [6.07, 6.45) is 3.85. The lowest BCUT2D eigenvalue weighted by atomic mass is 9.85. The third-order valence-corrected chi connectivity index (χ3v) is 2.94. The summed E-state index contributed by atoms with van der Waals surface area (Å²) in [5, 5.41) is 0. The second kappa shape index (κ2) is 4.38. The van der Waals surface area contributed by atoms with E-state index in [9.17, 15) is 0 Å². The summed E-state index contributed by atoms with van der Waals surface area (Å²) >= 11 is 4.91. The van der Waals surface area contributed by atoms with Crippen LogP contribution >= 0.6 is 12.2 Å². The Labute approximate surface area is 86.5 Å². The van der Waals surface area contributed by atoms with E-state index in [2.05, 4.69) is 18.7 Å². The highest BCUT2D eigenvalue weighted by atomic mass is 32.1. The largest absolute Gasteiger partial charge is 0.392 e. The maximum absolute atomic E-state index is 5.53. The van der Waals surface area contributed by atoms with E-state index in [4.69, 9.17) is 18.0 Å². The second-order valence-electron chi connectivity index (χ2n) is 4.76. The number of thiocarbonyl (C=S) groups is 1. The van der Waals surface area contributed by atoms with Crippen molar-refractivity contribution in [2.75, 3.05) is 19.6 Å². The van der Waals surface area contributed by atoms with Crippen LogP contribution in [-0.4, -0.2) is 29.5 Å². The maximum Gasteiger partial charge on any atom is 0.0870 e. The highest BCUT2D eigenvalue weighted by molar-refractivity contribution is 7.80. The molecule has 1 rings (SSSR count). The molecule has 0 aromatic carbocycles. The summed E-state index contributed by atoms with van der Waals surface area (Å²) in [6.45, 7) is 7.78. The van der Waals surface area contributed by atoms with E-state index in [1.165, 1.54) is 19.3 Å². The summed E-state index contributed by atoms with van der Waals surface area (Å²) in [4.78, 5) is 3.00. The van der Waals surface area contributed by atoms with Gasteiger partial charge in [0.05, 0.1) is 4.99 Å². The highest BCUT2D eigenvalue weighted by Crippen LogP contribution is 2.29. The molecule has 0 amide bonds. The van der Waals surface area contributed by atoms with Crippen LogP contribution < -0.4 is 5.73 Å². The molecule has 0 unspecified atom stereocenters. The molecule has 1 fully saturated rings. The molecule has 0 radical (unpaired) electrons. The predicted molar refractivity (Wildman–Crippen MR) is 60.9 cm³/mol. The van der Waals surface area contributed by atoms with Crippen LogP contribution in [0.3, 0.4) is 0 Å². The molecule has 3 heteroatoms. The van der Waals surface area contributed by atoms with Gasteiger partial charge in [-0.05, 0) is 37.8 Å². The van der Waals surface area contributed by atoms with Crippen LogP contribution in [0.5, 0.6) is 0 Å². The van der Waals surface area contributed by atoms with Crippen LogP contribution in [0.4, 0.5) is 0 Å². The van der Waals surface area contributed by atoms with Gasteiger partial charge in [0.1, 0.15) is 0 Å². The van der Waals surface area contributed by atoms with Crippen molar-refractivity contribution >= 4 is 17.2 Å². The standard InChI is InChI=1S/C10H20N2S/c1-10(2)4-3-6-12(7-5-10)8-9(11)13/h3-8H2,1-2H3,(H2,11,13). The van der Waals surface area contributed by atoms with Crippen molar-refractivity contribution in [1.82, 2.24) is 4.90 Å². The number of likely N-dealkylation sites (tertiary alicyclic amines) is 1. The van der Waals surface area contributed by atoms with Gasteiger partial charge in [-0.2, -0.15) is 0 Å². The van der Waals surface area contributed by atoms with Crippen LogP contribution in [0.2, 0.25) is 0 Å². The first-order valence-electron chi connectivity index (χ1n) is 5.00. The fourth-order valence-electron chi connectivity index (χ4n) is 1.86. The molecule has 1 heterocycles. The molecule has 0 aliphatic carbocycles. The molecule has 2 nitrogen and oxygen atoms in total. The number of hydrogen-bond donors (Lipinski definition) is 1. The molecule has 76 valence electrons. The molecule has 0 atom stereocenters. The van der Waals surface area contributed by atoms with Gasteiger partial charge in [0.2, 0.25) is 0 Å². The second-order valence-corrected chi connectivity index (χ2v) is 5.28. The third kappa shape index (κ3) is 4.05. The average Bonchev–Trinajstić information content (AvgIpc) is 2.12. The van der Waals surface area contributed by atoms with Crippen molar-refractivity contribution in [2.24, 2.45) is 11.1 Å². The topological polar surface area (TPSA) is 29.3 Å². The van der Waals surface area contributed by atoms with E-state index in [1.807, 2.05) is 0 Å². The van der Waals surface area contributed by atoms with Crippen molar-refractivity contribution in [3.8, 4) is 0 Å². The highest BCUT2D eigenvalue weighted by Gasteiger charge is 2.22. The summed E-state index contributed by atoms with van der Waals surface area (Å²) in [5.74, 6) is 0. The first-order chi connectivity index (χ1) is 5.99. The summed E-state index contributed by atoms with van der Waals surface area (Å²) < 4.78 is 0. The summed E-state index contributed by atoms with van der Waals surface area (Å²) in [7, 11) is 0. The molecule has 0 spiro atoms. The molecule has 2 N–H and O–H groups in total. The van der Waals surface area contributed by atoms with E-state index in [-0.39, 0.29) is 0 Å². The van der Waals surface area contributed by atoms with Gasteiger partial charge in [-0.25, -0.2) is 0 Å². The summed E-state index contributed by atoms with van der Waals surface area (Å²) in [6, 6.07) is 0. The fourth-order valence-corrected chi connectivity index (χ4v) is 2.04. The van der Waals surface area contributed by atoms with Gasteiger partial charge in [-0.3, -0.25) is 4.90 Å². The minimum atomic E-state index is 0.505. The van der Waals surface area contributed by atoms with Crippen LogP contribution in [0.1, 0.15) is 33.1 Å². The number of nitrogens with zero attached hydrogens (tertiary/aromatic N) is 1. The Kier molecular flexibility index (Phi) is 3.68. The molecule has 1 aliphatic heterocycles. The van der Waals surface area contributed by atoms with Crippen molar-refractivity contribution in [3.63, 3.8) is 0 Å². The van der Waals surface area contributed by atoms with Crippen LogP contribution in [0.25, 0.3) is 0 Å². The van der Waals surface area contributed by atoms with Gasteiger partial charge in [0.15, 0.2) is 0 Å². The van der Waals surface area contributed by atoms with E-state index in [1.54, 1.807) is 0 Å². The SMILES string of the molecule is CC1(C)CCCN(CC(N)=S)CC1. The fraction of sp³-hybridized carbons (Fsp3) is 0.900. The van der Waals surface area contributed by atoms with E-state index < -0.39 is 0 Å². The van der Waals surface area contributed by atoms with Crippen molar-refractivity contribution < 1.29 is 0 Å². The predicted octanol–water partition coefficient (Wildman–Crippen LogP) is 1.78. The Balaban J connectivity index is 2.40. The molecule has 0 aromatic rings. The first-order valence-corrected chi connectivity index (χ1v) is 5.41. The van der Waals surface area contributed by atoms with E-state index in [0.29, 0.717) is 10.4 Å². The Morgan fingerprint density at radius 2 is 2.08 bits per heavy atom. The summed E-state index contributed by atoms with van der Waals surface area (Å²) in [5.41, 5.74) is 6.04. The van der Waals surface area contributed by atoms with E-state index >= 15 is 0 Å². The van der Waals surface area contributed by atoms with Gasteiger partial charge in [0, 0.05) is 6.54 Å². The average molecular weight is 200 g/mol. The number of nitrogens with two attached hydrogens (primary N) is 1. The normalized spacial score (nSPS) is 23.8. The van der Waals surface area contributed by atoms with Gasteiger partial charge < -0.3 is 5.73 Å². The lowest BCUT2D eigenvalue weighted by Crippen LogP contribution is -2.33. The number of rotatable bonds is 2.